The number of aromatic nitrogens is 2. The molecule has 1 aromatic heterocycles. The highest BCUT2D eigenvalue weighted by atomic mass is 15.1. The standard InChI is InChI=1S/C16H27N3/c1-16(2)9-8-12(17-3)15(10-16)19-11-18-13-6-4-5-7-14(13)19/h11-12,15,17H,4-10H2,1-3H3. The van der Waals surface area contributed by atoms with Crippen molar-refractivity contribution in [2.45, 2.75) is 70.9 Å². The Bertz CT molecular complexity index is 447. The van der Waals surface area contributed by atoms with Crippen molar-refractivity contribution in [2.75, 3.05) is 7.05 Å². The Hall–Kier alpha value is -0.830. The van der Waals surface area contributed by atoms with Crippen molar-refractivity contribution < 1.29 is 0 Å². The zero-order valence-electron chi connectivity index (χ0n) is 12.6. The Morgan fingerprint density at radius 3 is 2.89 bits per heavy atom. The zero-order chi connectivity index (χ0) is 13.5. The molecule has 1 fully saturated rings. The van der Waals surface area contributed by atoms with Crippen LogP contribution in [0.4, 0.5) is 0 Å². The third kappa shape index (κ3) is 2.45. The van der Waals surface area contributed by atoms with Crippen molar-refractivity contribution in [3.05, 3.63) is 17.7 Å². The van der Waals surface area contributed by atoms with Crippen LogP contribution in [0.3, 0.4) is 0 Å². The molecular formula is C16H27N3. The maximum Gasteiger partial charge on any atom is 0.0954 e. The average Bonchev–Trinajstić information content (AvgIpc) is 2.81. The average molecular weight is 261 g/mol. The van der Waals surface area contributed by atoms with Crippen LogP contribution in [0, 0.1) is 5.41 Å². The topological polar surface area (TPSA) is 29.9 Å². The number of aryl methyl sites for hydroxylation is 1. The van der Waals surface area contributed by atoms with Crippen LogP contribution in [0.1, 0.15) is 63.4 Å². The third-order valence-electron chi connectivity index (χ3n) is 5.15. The van der Waals surface area contributed by atoms with Crippen LogP contribution in [0.15, 0.2) is 6.33 Å². The van der Waals surface area contributed by atoms with E-state index >= 15 is 0 Å². The molecule has 1 N–H and O–H groups in total. The smallest absolute Gasteiger partial charge is 0.0954 e. The maximum absolute atomic E-state index is 4.68. The zero-order valence-corrected chi connectivity index (χ0v) is 12.6. The molecule has 19 heavy (non-hydrogen) atoms. The molecule has 2 aliphatic carbocycles. The van der Waals surface area contributed by atoms with E-state index in [-0.39, 0.29) is 0 Å². The van der Waals surface area contributed by atoms with Gasteiger partial charge in [0.2, 0.25) is 0 Å². The van der Waals surface area contributed by atoms with Crippen molar-refractivity contribution in [1.29, 1.82) is 0 Å². The lowest BCUT2D eigenvalue weighted by Gasteiger charge is -2.42. The molecule has 106 valence electrons. The fourth-order valence-electron chi connectivity index (χ4n) is 3.96. The van der Waals surface area contributed by atoms with Gasteiger partial charge in [-0.3, -0.25) is 0 Å². The fourth-order valence-corrected chi connectivity index (χ4v) is 3.96. The minimum absolute atomic E-state index is 0.462. The van der Waals surface area contributed by atoms with Crippen molar-refractivity contribution >= 4 is 0 Å². The van der Waals surface area contributed by atoms with Gasteiger partial charge in [-0.15, -0.1) is 0 Å². The molecule has 1 saturated carbocycles. The lowest BCUT2D eigenvalue weighted by Crippen LogP contribution is -2.42. The van der Waals surface area contributed by atoms with Crippen LogP contribution in [0.2, 0.25) is 0 Å². The van der Waals surface area contributed by atoms with Gasteiger partial charge in [0.1, 0.15) is 0 Å². The number of nitrogens with one attached hydrogen (secondary N) is 1. The van der Waals surface area contributed by atoms with E-state index in [0.29, 0.717) is 17.5 Å². The largest absolute Gasteiger partial charge is 0.330 e. The highest BCUT2D eigenvalue weighted by Crippen LogP contribution is 2.42. The summed E-state index contributed by atoms with van der Waals surface area (Å²) in [5, 5.41) is 3.54. The Balaban J connectivity index is 1.92. The number of imidazole rings is 1. The molecule has 3 heteroatoms. The Morgan fingerprint density at radius 2 is 2.11 bits per heavy atom. The molecule has 2 unspecified atom stereocenters. The van der Waals surface area contributed by atoms with Crippen LogP contribution in [-0.2, 0) is 12.8 Å². The summed E-state index contributed by atoms with van der Waals surface area (Å²) < 4.78 is 2.51. The second kappa shape index (κ2) is 4.93. The quantitative estimate of drug-likeness (QED) is 0.886. The lowest BCUT2D eigenvalue weighted by atomic mass is 9.72. The molecule has 2 aliphatic rings. The molecule has 3 rings (SSSR count). The molecule has 1 heterocycles. The van der Waals surface area contributed by atoms with E-state index in [1.807, 2.05) is 0 Å². The summed E-state index contributed by atoms with van der Waals surface area (Å²) in [6.45, 7) is 4.82. The van der Waals surface area contributed by atoms with E-state index in [1.54, 1.807) is 0 Å². The first-order valence-electron chi connectivity index (χ1n) is 7.82. The molecule has 0 bridgehead atoms. The second-order valence-electron chi connectivity index (χ2n) is 7.12. The van der Waals surface area contributed by atoms with Crippen LogP contribution >= 0.6 is 0 Å². The van der Waals surface area contributed by atoms with Crippen molar-refractivity contribution in [2.24, 2.45) is 5.41 Å². The molecule has 1 aromatic rings. The summed E-state index contributed by atoms with van der Waals surface area (Å²) in [6, 6.07) is 1.19. The maximum atomic E-state index is 4.68. The number of hydrogen-bond donors (Lipinski definition) is 1. The lowest BCUT2D eigenvalue weighted by molar-refractivity contribution is 0.144. The summed E-state index contributed by atoms with van der Waals surface area (Å²) in [6.07, 6.45) is 11.0. The number of hydrogen-bond acceptors (Lipinski definition) is 2. The number of nitrogens with zero attached hydrogens (tertiary/aromatic N) is 2. The highest BCUT2D eigenvalue weighted by molar-refractivity contribution is 5.18. The summed E-state index contributed by atoms with van der Waals surface area (Å²) in [4.78, 5) is 4.68. The van der Waals surface area contributed by atoms with Gasteiger partial charge in [-0.25, -0.2) is 4.98 Å². The van der Waals surface area contributed by atoms with Crippen molar-refractivity contribution in [3.8, 4) is 0 Å². The van der Waals surface area contributed by atoms with Gasteiger partial charge in [0, 0.05) is 11.7 Å². The fraction of sp³-hybridized carbons (Fsp3) is 0.812. The third-order valence-corrected chi connectivity index (χ3v) is 5.15. The van der Waals surface area contributed by atoms with E-state index in [9.17, 15) is 0 Å². The number of fused-ring (bicyclic) bond motifs is 1. The Kier molecular flexibility index (Phi) is 3.42. The Labute approximate surface area is 116 Å². The predicted octanol–water partition coefficient (Wildman–Crippen LogP) is 3.10. The predicted molar refractivity (Wildman–Crippen MR) is 78.4 cm³/mol. The second-order valence-corrected chi connectivity index (χ2v) is 7.12. The van der Waals surface area contributed by atoms with Crippen LogP contribution in [-0.4, -0.2) is 22.6 Å². The normalized spacial score (nSPS) is 30.1. The summed E-state index contributed by atoms with van der Waals surface area (Å²) in [5.41, 5.74) is 3.35. The van der Waals surface area contributed by atoms with Gasteiger partial charge >= 0.3 is 0 Å². The van der Waals surface area contributed by atoms with Crippen molar-refractivity contribution in [3.63, 3.8) is 0 Å². The number of likely N-dealkylation sites (N-methyl/N-ethyl adjacent to an activating group) is 1. The van der Waals surface area contributed by atoms with Gasteiger partial charge in [0.15, 0.2) is 0 Å². The number of rotatable bonds is 2. The van der Waals surface area contributed by atoms with Gasteiger partial charge in [0.05, 0.1) is 18.1 Å². The molecule has 0 aromatic carbocycles. The first kappa shape index (κ1) is 13.2. The molecule has 3 nitrogen and oxygen atoms in total. The SMILES string of the molecule is CNC1CCC(C)(C)CC1n1cnc2c1CCCC2. The summed E-state index contributed by atoms with van der Waals surface area (Å²) >= 11 is 0. The van der Waals surface area contributed by atoms with Gasteiger partial charge in [-0.1, -0.05) is 13.8 Å². The molecule has 0 aliphatic heterocycles. The summed E-state index contributed by atoms with van der Waals surface area (Å²) in [5.74, 6) is 0. The van der Waals surface area contributed by atoms with E-state index in [0.717, 1.165) is 0 Å². The monoisotopic (exact) mass is 261 g/mol. The van der Waals surface area contributed by atoms with Crippen molar-refractivity contribution in [1.82, 2.24) is 14.9 Å². The van der Waals surface area contributed by atoms with E-state index in [1.165, 1.54) is 56.3 Å². The van der Waals surface area contributed by atoms with Gasteiger partial charge in [-0.05, 0) is 57.4 Å². The van der Waals surface area contributed by atoms with E-state index in [2.05, 4.69) is 42.1 Å². The first-order valence-corrected chi connectivity index (χ1v) is 7.82. The van der Waals surface area contributed by atoms with Crippen LogP contribution in [0.5, 0.6) is 0 Å². The van der Waals surface area contributed by atoms with E-state index < -0.39 is 0 Å². The van der Waals surface area contributed by atoms with Gasteiger partial charge < -0.3 is 9.88 Å². The summed E-state index contributed by atoms with van der Waals surface area (Å²) in [7, 11) is 2.11. The molecule has 0 amide bonds. The van der Waals surface area contributed by atoms with Gasteiger partial charge in [0.25, 0.3) is 0 Å². The molecular weight excluding hydrogens is 234 g/mol. The minimum Gasteiger partial charge on any atom is -0.330 e. The molecule has 0 saturated heterocycles. The van der Waals surface area contributed by atoms with Crippen LogP contribution in [0.25, 0.3) is 0 Å². The molecule has 0 radical (unpaired) electrons. The Morgan fingerprint density at radius 1 is 1.32 bits per heavy atom. The van der Waals surface area contributed by atoms with Gasteiger partial charge in [-0.2, -0.15) is 0 Å². The van der Waals surface area contributed by atoms with E-state index in [4.69, 9.17) is 0 Å². The van der Waals surface area contributed by atoms with Crippen LogP contribution < -0.4 is 5.32 Å². The minimum atomic E-state index is 0.462. The highest BCUT2D eigenvalue weighted by Gasteiger charge is 2.36. The molecule has 2 atom stereocenters. The molecule has 0 spiro atoms. The first-order chi connectivity index (χ1) is 9.11.